The van der Waals surface area contributed by atoms with Gasteiger partial charge in [-0.25, -0.2) is 0 Å². The zero-order chi connectivity index (χ0) is 31.2. The standard InChI is InChI=1S/C35H35ClN6O3/c36-28-13-11-24(12-14-28)20-31(40-34(44)30-21-25-6-1-2-7-26(25)23-38-30)35(45)42-18-16-41(17-19-42)32-10-4-3-9-29(32)39-33(43)27-8-5-15-37-22-27/h1-15,22,30-31,38H,16-21,23H2,(H,39,43)(H,40,44)/t30-,31+/m0/s1. The van der Waals surface area contributed by atoms with Crippen molar-refractivity contribution < 1.29 is 14.4 Å². The van der Waals surface area contributed by atoms with Gasteiger partial charge in [0.05, 0.1) is 23.0 Å². The van der Waals surface area contributed by atoms with Crippen LogP contribution in [0.3, 0.4) is 0 Å². The van der Waals surface area contributed by atoms with Crippen molar-refractivity contribution in [2.75, 3.05) is 36.4 Å². The first kappa shape index (κ1) is 30.3. The number of halogens is 1. The average Bonchev–Trinajstić information content (AvgIpc) is 3.09. The summed E-state index contributed by atoms with van der Waals surface area (Å²) in [5, 5.41) is 10.0. The fourth-order valence-corrected chi connectivity index (χ4v) is 6.03. The zero-order valence-electron chi connectivity index (χ0n) is 24.8. The third-order valence-corrected chi connectivity index (χ3v) is 8.63. The van der Waals surface area contributed by atoms with Crippen LogP contribution in [0, 0.1) is 0 Å². The van der Waals surface area contributed by atoms with Crippen LogP contribution >= 0.6 is 11.6 Å². The number of nitrogens with zero attached hydrogens (tertiary/aromatic N) is 3. The topological polar surface area (TPSA) is 107 Å². The average molecular weight is 623 g/mol. The molecule has 0 unspecified atom stereocenters. The minimum Gasteiger partial charge on any atom is -0.366 e. The maximum Gasteiger partial charge on any atom is 0.257 e. The van der Waals surface area contributed by atoms with E-state index in [1.165, 1.54) is 11.8 Å². The monoisotopic (exact) mass is 622 g/mol. The number of hydrogen-bond donors (Lipinski definition) is 3. The molecule has 4 aromatic rings. The molecule has 0 bridgehead atoms. The minimum absolute atomic E-state index is 0.118. The largest absolute Gasteiger partial charge is 0.366 e. The lowest BCUT2D eigenvalue weighted by Crippen LogP contribution is -2.58. The number of hydrogen-bond acceptors (Lipinski definition) is 6. The first-order valence-corrected chi connectivity index (χ1v) is 15.5. The second kappa shape index (κ2) is 13.9. The first-order chi connectivity index (χ1) is 21.9. The smallest absolute Gasteiger partial charge is 0.257 e. The molecule has 2 aliphatic heterocycles. The van der Waals surface area contributed by atoms with Gasteiger partial charge >= 0.3 is 0 Å². The van der Waals surface area contributed by atoms with Crippen LogP contribution in [0.5, 0.6) is 0 Å². The van der Waals surface area contributed by atoms with Crippen molar-refractivity contribution in [1.82, 2.24) is 20.5 Å². The van der Waals surface area contributed by atoms with E-state index in [4.69, 9.17) is 11.6 Å². The number of carbonyl (C=O) groups is 3. The molecule has 1 aromatic heterocycles. The van der Waals surface area contributed by atoms with Gasteiger partial charge in [0.15, 0.2) is 0 Å². The van der Waals surface area contributed by atoms with E-state index in [-0.39, 0.29) is 17.7 Å². The van der Waals surface area contributed by atoms with E-state index in [0.29, 0.717) is 61.8 Å². The summed E-state index contributed by atoms with van der Waals surface area (Å²) >= 11 is 6.11. The zero-order valence-corrected chi connectivity index (χ0v) is 25.5. The lowest BCUT2D eigenvalue weighted by atomic mass is 9.95. The number of anilines is 2. The molecule has 3 heterocycles. The molecule has 230 valence electrons. The van der Waals surface area contributed by atoms with Crippen molar-refractivity contribution in [3.05, 3.63) is 125 Å². The SMILES string of the molecule is O=C(Nc1ccccc1N1CCN(C(=O)[C@@H](Cc2ccc(Cl)cc2)NC(=O)[C@@H]2Cc3ccccc3CN2)CC1)c1cccnc1. The van der Waals surface area contributed by atoms with Gasteiger partial charge in [-0.05, 0) is 59.5 Å². The summed E-state index contributed by atoms with van der Waals surface area (Å²) in [4.78, 5) is 48.3. The molecule has 0 spiro atoms. The van der Waals surface area contributed by atoms with Crippen LogP contribution in [-0.4, -0.2) is 65.9 Å². The molecule has 0 radical (unpaired) electrons. The summed E-state index contributed by atoms with van der Waals surface area (Å²) < 4.78 is 0. The van der Waals surface area contributed by atoms with Crippen LogP contribution in [0.2, 0.25) is 5.02 Å². The van der Waals surface area contributed by atoms with Crippen molar-refractivity contribution in [2.24, 2.45) is 0 Å². The Hall–Kier alpha value is -4.73. The number of piperazine rings is 1. The molecular weight excluding hydrogens is 588 g/mol. The second-order valence-corrected chi connectivity index (χ2v) is 11.8. The number of rotatable bonds is 8. The third kappa shape index (κ3) is 7.33. The van der Waals surface area contributed by atoms with Crippen molar-refractivity contribution in [2.45, 2.75) is 31.5 Å². The van der Waals surface area contributed by atoms with Crippen molar-refractivity contribution in [1.29, 1.82) is 0 Å². The molecule has 1 fully saturated rings. The van der Waals surface area contributed by atoms with Crippen LogP contribution in [0.4, 0.5) is 11.4 Å². The highest BCUT2D eigenvalue weighted by Gasteiger charge is 2.32. The highest BCUT2D eigenvalue weighted by molar-refractivity contribution is 6.30. The Kier molecular flexibility index (Phi) is 9.38. The normalized spacial score (nSPS) is 16.8. The number of carbonyl (C=O) groups excluding carboxylic acids is 3. The summed E-state index contributed by atoms with van der Waals surface area (Å²) in [6.07, 6.45) is 4.08. The van der Waals surface area contributed by atoms with Crippen molar-refractivity contribution >= 4 is 40.7 Å². The second-order valence-electron chi connectivity index (χ2n) is 11.3. The molecule has 2 aliphatic rings. The molecule has 9 nitrogen and oxygen atoms in total. The van der Waals surface area contributed by atoms with E-state index in [0.717, 1.165) is 16.8 Å². The predicted octanol–water partition coefficient (Wildman–Crippen LogP) is 4.08. The number of benzene rings is 3. The van der Waals surface area contributed by atoms with Crippen molar-refractivity contribution in [3.63, 3.8) is 0 Å². The molecule has 2 atom stereocenters. The highest BCUT2D eigenvalue weighted by Crippen LogP contribution is 2.27. The fourth-order valence-electron chi connectivity index (χ4n) is 5.90. The molecule has 6 rings (SSSR count). The molecule has 45 heavy (non-hydrogen) atoms. The summed E-state index contributed by atoms with van der Waals surface area (Å²) in [6.45, 7) is 2.72. The Balaban J connectivity index is 1.13. The van der Waals surface area contributed by atoms with E-state index in [1.54, 1.807) is 30.5 Å². The van der Waals surface area contributed by atoms with Crippen LogP contribution in [0.25, 0.3) is 0 Å². The van der Waals surface area contributed by atoms with Gasteiger partial charge in [0.2, 0.25) is 11.8 Å². The first-order valence-electron chi connectivity index (χ1n) is 15.1. The molecule has 3 amide bonds. The number of para-hydroxylation sites is 2. The molecule has 0 saturated carbocycles. The predicted molar refractivity (Wildman–Crippen MR) is 175 cm³/mol. The number of fused-ring (bicyclic) bond motifs is 1. The number of nitrogens with one attached hydrogen (secondary N) is 3. The van der Waals surface area contributed by atoms with Gasteiger partial charge in [0, 0.05) is 56.6 Å². The molecule has 0 aliphatic carbocycles. The van der Waals surface area contributed by atoms with Crippen LogP contribution < -0.4 is 20.9 Å². The van der Waals surface area contributed by atoms with Crippen LogP contribution in [-0.2, 0) is 29.0 Å². The van der Waals surface area contributed by atoms with Crippen LogP contribution in [0.1, 0.15) is 27.0 Å². The van der Waals surface area contributed by atoms with E-state index in [9.17, 15) is 14.4 Å². The van der Waals surface area contributed by atoms with E-state index < -0.39 is 12.1 Å². The minimum atomic E-state index is -0.727. The van der Waals surface area contributed by atoms with E-state index in [1.807, 2.05) is 53.4 Å². The van der Waals surface area contributed by atoms with Gasteiger partial charge < -0.3 is 25.8 Å². The Labute approximate surface area is 267 Å². The molecule has 1 saturated heterocycles. The van der Waals surface area contributed by atoms with Gasteiger partial charge in [0.1, 0.15) is 6.04 Å². The molecule has 3 aromatic carbocycles. The number of aromatic nitrogens is 1. The third-order valence-electron chi connectivity index (χ3n) is 8.37. The van der Waals surface area contributed by atoms with Gasteiger partial charge in [-0.1, -0.05) is 60.1 Å². The Morgan fingerprint density at radius 2 is 1.62 bits per heavy atom. The maximum atomic E-state index is 14.0. The number of pyridine rings is 1. The fraction of sp³-hybridized carbons (Fsp3) is 0.257. The molecule has 3 N–H and O–H groups in total. The Morgan fingerprint density at radius 1 is 0.889 bits per heavy atom. The summed E-state index contributed by atoms with van der Waals surface area (Å²) in [7, 11) is 0. The van der Waals surface area contributed by atoms with E-state index >= 15 is 0 Å². The van der Waals surface area contributed by atoms with E-state index in [2.05, 4.69) is 38.0 Å². The van der Waals surface area contributed by atoms with Crippen LogP contribution in [0.15, 0.2) is 97.3 Å². The maximum absolute atomic E-state index is 14.0. The lowest BCUT2D eigenvalue weighted by Gasteiger charge is -2.38. The highest BCUT2D eigenvalue weighted by atomic mass is 35.5. The Bertz CT molecular complexity index is 1660. The molecule has 10 heteroatoms. The van der Waals surface area contributed by atoms with Crippen molar-refractivity contribution in [3.8, 4) is 0 Å². The summed E-state index contributed by atoms with van der Waals surface area (Å²) in [5.41, 5.74) is 5.30. The Morgan fingerprint density at radius 3 is 2.38 bits per heavy atom. The lowest BCUT2D eigenvalue weighted by molar-refractivity contribution is -0.137. The molecular formula is C35H35ClN6O3. The van der Waals surface area contributed by atoms with Gasteiger partial charge in [-0.3, -0.25) is 19.4 Å². The summed E-state index contributed by atoms with van der Waals surface area (Å²) in [5.74, 6) is -0.540. The van der Waals surface area contributed by atoms with Gasteiger partial charge in [-0.2, -0.15) is 0 Å². The quantitative estimate of drug-likeness (QED) is 0.274. The van der Waals surface area contributed by atoms with Gasteiger partial charge in [-0.15, -0.1) is 0 Å². The number of amides is 3. The summed E-state index contributed by atoms with van der Waals surface area (Å²) in [6, 6.07) is 25.4. The van der Waals surface area contributed by atoms with Gasteiger partial charge in [0.25, 0.3) is 5.91 Å².